The number of fused-ring (bicyclic) bond motifs is 1. The third kappa shape index (κ3) is 3.83. The molecule has 2 N–H and O–H groups in total. The number of carbonyl (C=O) groups excluding carboxylic acids is 1. The van der Waals surface area contributed by atoms with Gasteiger partial charge in [0.15, 0.2) is 11.5 Å². The first-order valence-electron chi connectivity index (χ1n) is 10.00. The Balaban J connectivity index is 1.49. The predicted octanol–water partition coefficient (Wildman–Crippen LogP) is 2.71. The number of ether oxygens (including phenoxy) is 2. The minimum Gasteiger partial charge on any atom is -0.485 e. The van der Waals surface area contributed by atoms with Crippen molar-refractivity contribution in [2.24, 2.45) is 0 Å². The smallest absolute Gasteiger partial charge is 0.270 e. The highest BCUT2D eigenvalue weighted by Gasteiger charge is 2.28. The first-order valence-corrected chi connectivity index (χ1v) is 10.00. The maximum absolute atomic E-state index is 13.0. The summed E-state index contributed by atoms with van der Waals surface area (Å²) < 4.78 is 12.8. The Kier molecular flexibility index (Phi) is 4.91. The van der Waals surface area contributed by atoms with Crippen LogP contribution >= 0.6 is 0 Å². The van der Waals surface area contributed by atoms with Crippen molar-refractivity contribution in [3.63, 3.8) is 0 Å². The fourth-order valence-electron chi connectivity index (χ4n) is 3.40. The van der Waals surface area contributed by atoms with Crippen LogP contribution in [0.3, 0.4) is 0 Å². The third-order valence-corrected chi connectivity index (χ3v) is 4.89. The normalized spacial score (nSPS) is 14.7. The van der Waals surface area contributed by atoms with Crippen LogP contribution in [-0.2, 0) is 4.79 Å². The summed E-state index contributed by atoms with van der Waals surface area (Å²) >= 11 is 0. The molecule has 2 aromatic heterocycles. The highest BCUT2D eigenvalue weighted by molar-refractivity contribution is 5.94. The molecule has 4 aromatic rings. The Hall–Kier alpha value is -4.40. The lowest BCUT2D eigenvalue weighted by atomic mass is 10.1. The lowest BCUT2D eigenvalue weighted by Gasteiger charge is -2.25. The van der Waals surface area contributed by atoms with E-state index in [-0.39, 0.29) is 18.1 Å². The SMILES string of the molecule is Cc1cc(=O)[nH]c(-n2nc(-c3ccccc3)cc2NC(=O)C2COc3ccccc3O2)n1. The van der Waals surface area contributed by atoms with Crippen molar-refractivity contribution in [2.45, 2.75) is 13.0 Å². The van der Waals surface area contributed by atoms with Gasteiger partial charge in [-0.2, -0.15) is 9.78 Å². The number of hydrogen-bond donors (Lipinski definition) is 2. The molecule has 9 heteroatoms. The molecule has 1 unspecified atom stereocenters. The second-order valence-corrected chi connectivity index (χ2v) is 7.26. The third-order valence-electron chi connectivity index (χ3n) is 4.89. The molecular formula is C23H19N5O4. The maximum Gasteiger partial charge on any atom is 0.270 e. The Morgan fingerprint density at radius 1 is 1.09 bits per heavy atom. The topological polar surface area (TPSA) is 111 Å². The zero-order chi connectivity index (χ0) is 22.1. The van der Waals surface area contributed by atoms with E-state index >= 15 is 0 Å². The van der Waals surface area contributed by atoms with Gasteiger partial charge in [-0.1, -0.05) is 42.5 Å². The number of anilines is 1. The zero-order valence-corrected chi connectivity index (χ0v) is 17.1. The molecule has 32 heavy (non-hydrogen) atoms. The monoisotopic (exact) mass is 429 g/mol. The summed E-state index contributed by atoms with van der Waals surface area (Å²) in [5, 5.41) is 7.40. The number of amides is 1. The van der Waals surface area contributed by atoms with Gasteiger partial charge in [-0.05, 0) is 19.1 Å². The number of aromatic nitrogens is 4. The van der Waals surface area contributed by atoms with Crippen LogP contribution in [0.15, 0.2) is 71.5 Å². The van der Waals surface area contributed by atoms with E-state index in [2.05, 4.69) is 20.4 Å². The van der Waals surface area contributed by atoms with Gasteiger partial charge in [0.05, 0.1) is 5.69 Å². The minimum absolute atomic E-state index is 0.0715. The van der Waals surface area contributed by atoms with Crippen LogP contribution in [0, 0.1) is 6.92 Å². The van der Waals surface area contributed by atoms with Crippen LogP contribution in [0.4, 0.5) is 5.82 Å². The van der Waals surface area contributed by atoms with Crippen molar-refractivity contribution >= 4 is 11.7 Å². The van der Waals surface area contributed by atoms with Crippen LogP contribution in [0.1, 0.15) is 5.69 Å². The van der Waals surface area contributed by atoms with Crippen molar-refractivity contribution in [3.8, 4) is 28.7 Å². The van der Waals surface area contributed by atoms with Crippen LogP contribution in [-0.4, -0.2) is 38.4 Å². The predicted molar refractivity (Wildman–Crippen MR) is 117 cm³/mol. The van der Waals surface area contributed by atoms with Crippen LogP contribution in [0.2, 0.25) is 0 Å². The molecule has 1 atom stereocenters. The fraction of sp³-hybridized carbons (Fsp3) is 0.130. The van der Waals surface area contributed by atoms with E-state index in [1.54, 1.807) is 25.1 Å². The Bertz CT molecular complexity index is 1350. The van der Waals surface area contributed by atoms with Crippen molar-refractivity contribution in [3.05, 3.63) is 82.8 Å². The summed E-state index contributed by atoms with van der Waals surface area (Å²) in [6.07, 6.45) is -0.849. The van der Waals surface area contributed by atoms with Crippen LogP contribution < -0.4 is 20.3 Å². The molecule has 0 saturated heterocycles. The molecule has 0 fully saturated rings. The molecule has 1 aliphatic rings. The van der Waals surface area contributed by atoms with Crippen molar-refractivity contribution in [2.75, 3.05) is 11.9 Å². The van der Waals surface area contributed by atoms with E-state index in [0.29, 0.717) is 28.7 Å². The van der Waals surface area contributed by atoms with E-state index < -0.39 is 12.0 Å². The number of hydrogen-bond acceptors (Lipinski definition) is 6. The van der Waals surface area contributed by atoms with Gasteiger partial charge in [0.25, 0.3) is 11.5 Å². The molecule has 0 spiro atoms. The average Bonchev–Trinajstić information content (AvgIpc) is 3.22. The molecule has 0 radical (unpaired) electrons. The number of benzene rings is 2. The molecule has 3 heterocycles. The summed E-state index contributed by atoms with van der Waals surface area (Å²) in [5.41, 5.74) is 1.67. The molecular weight excluding hydrogens is 410 g/mol. The quantitative estimate of drug-likeness (QED) is 0.516. The molecule has 1 amide bonds. The summed E-state index contributed by atoms with van der Waals surface area (Å²) in [6, 6.07) is 19.8. The number of nitrogens with one attached hydrogen (secondary N) is 2. The Morgan fingerprint density at radius 2 is 1.84 bits per heavy atom. The lowest BCUT2D eigenvalue weighted by Crippen LogP contribution is -2.40. The largest absolute Gasteiger partial charge is 0.485 e. The summed E-state index contributed by atoms with van der Waals surface area (Å²) in [5.74, 6) is 1.22. The van der Waals surface area contributed by atoms with Gasteiger partial charge in [-0.15, -0.1) is 0 Å². The number of aromatic amines is 1. The second kappa shape index (κ2) is 8.03. The molecule has 2 aromatic carbocycles. The van der Waals surface area contributed by atoms with Gasteiger partial charge < -0.3 is 14.8 Å². The van der Waals surface area contributed by atoms with Gasteiger partial charge in [0.2, 0.25) is 12.1 Å². The van der Waals surface area contributed by atoms with Crippen LogP contribution in [0.25, 0.3) is 17.2 Å². The fourth-order valence-corrected chi connectivity index (χ4v) is 3.40. The van der Waals surface area contributed by atoms with Crippen molar-refractivity contribution in [1.29, 1.82) is 0 Å². The van der Waals surface area contributed by atoms with E-state index in [0.717, 1.165) is 5.56 Å². The Morgan fingerprint density at radius 3 is 2.62 bits per heavy atom. The van der Waals surface area contributed by atoms with Gasteiger partial charge in [-0.25, -0.2) is 4.98 Å². The maximum atomic E-state index is 13.0. The van der Waals surface area contributed by atoms with E-state index in [4.69, 9.17) is 9.47 Å². The molecule has 9 nitrogen and oxygen atoms in total. The van der Waals surface area contributed by atoms with Gasteiger partial charge in [0, 0.05) is 23.4 Å². The van der Waals surface area contributed by atoms with E-state index in [9.17, 15) is 9.59 Å². The molecule has 1 aliphatic heterocycles. The molecule has 0 bridgehead atoms. The summed E-state index contributed by atoms with van der Waals surface area (Å²) in [7, 11) is 0. The number of aryl methyl sites for hydroxylation is 1. The van der Waals surface area contributed by atoms with Crippen molar-refractivity contribution in [1.82, 2.24) is 19.7 Å². The highest BCUT2D eigenvalue weighted by atomic mass is 16.6. The number of para-hydroxylation sites is 2. The van der Waals surface area contributed by atoms with Crippen LogP contribution in [0.5, 0.6) is 11.5 Å². The van der Waals surface area contributed by atoms with E-state index in [1.165, 1.54) is 10.7 Å². The molecule has 0 aliphatic carbocycles. The van der Waals surface area contributed by atoms with Gasteiger partial charge in [-0.3, -0.25) is 14.6 Å². The minimum atomic E-state index is -0.849. The molecule has 5 rings (SSSR count). The van der Waals surface area contributed by atoms with Gasteiger partial charge in [0.1, 0.15) is 12.4 Å². The summed E-state index contributed by atoms with van der Waals surface area (Å²) in [6.45, 7) is 1.78. The Labute approximate surface area is 182 Å². The highest BCUT2D eigenvalue weighted by Crippen LogP contribution is 2.31. The number of nitrogens with zero attached hydrogens (tertiary/aromatic N) is 3. The first-order chi connectivity index (χ1) is 15.6. The first kappa shape index (κ1) is 19.6. The lowest BCUT2D eigenvalue weighted by molar-refractivity contribution is -0.125. The number of rotatable bonds is 4. The average molecular weight is 429 g/mol. The number of H-pyrrole nitrogens is 1. The summed E-state index contributed by atoms with van der Waals surface area (Å²) in [4.78, 5) is 32.0. The van der Waals surface area contributed by atoms with E-state index in [1.807, 2.05) is 42.5 Å². The molecule has 0 saturated carbocycles. The standard InChI is InChI=1S/C23H19N5O4/c1-14-11-21(29)26-23(24-14)28-20(12-16(27-28)15-7-3-2-4-8-15)25-22(30)19-13-31-17-9-5-6-10-18(17)32-19/h2-12,19H,13H2,1H3,(H,25,30)(H,24,26,29). The molecule has 160 valence electrons. The van der Waals surface area contributed by atoms with Crippen molar-refractivity contribution < 1.29 is 14.3 Å². The zero-order valence-electron chi connectivity index (χ0n) is 17.1. The second-order valence-electron chi connectivity index (χ2n) is 7.26. The van der Waals surface area contributed by atoms with Gasteiger partial charge >= 0.3 is 0 Å². The number of carbonyl (C=O) groups is 1.